The lowest BCUT2D eigenvalue weighted by atomic mass is 10.0. The van der Waals surface area contributed by atoms with Crippen LogP contribution in [-0.2, 0) is 22.7 Å². The van der Waals surface area contributed by atoms with E-state index in [0.29, 0.717) is 18.5 Å². The Labute approximate surface area is 202 Å². The highest BCUT2D eigenvalue weighted by atomic mass is 16.5. The van der Waals surface area contributed by atoms with Crippen LogP contribution >= 0.6 is 0 Å². The number of amides is 3. The average molecular weight is 472 g/mol. The number of carbonyl (C=O) groups excluding carboxylic acids is 3. The molecule has 2 aromatic heterocycles. The first-order chi connectivity index (χ1) is 17.0. The number of nitrogens with zero attached hydrogens (tertiary/aromatic N) is 4. The molecule has 0 radical (unpaired) electrons. The zero-order chi connectivity index (χ0) is 23.9. The Kier molecular flexibility index (Phi) is 5.41. The highest BCUT2D eigenvalue weighted by Crippen LogP contribution is 2.31. The summed E-state index contributed by atoms with van der Waals surface area (Å²) in [5.74, 6) is -0.140. The highest BCUT2D eigenvalue weighted by Gasteiger charge is 2.39. The van der Waals surface area contributed by atoms with E-state index in [2.05, 4.69) is 20.2 Å². The number of aromatic nitrogens is 2. The van der Waals surface area contributed by atoms with Gasteiger partial charge in [0.25, 0.3) is 5.91 Å². The van der Waals surface area contributed by atoms with Crippen molar-refractivity contribution in [3.05, 3.63) is 65.6 Å². The van der Waals surface area contributed by atoms with Crippen LogP contribution in [0.1, 0.15) is 40.9 Å². The van der Waals surface area contributed by atoms with Crippen molar-refractivity contribution in [1.82, 2.24) is 25.1 Å². The molecular formula is C26H25N5O4. The maximum Gasteiger partial charge on any atom is 0.255 e. The molecule has 5 heterocycles. The average Bonchev–Trinajstić information content (AvgIpc) is 3.42. The molecule has 0 aliphatic carbocycles. The van der Waals surface area contributed by atoms with Gasteiger partial charge in [-0.2, -0.15) is 0 Å². The molecule has 0 bridgehead atoms. The van der Waals surface area contributed by atoms with E-state index < -0.39 is 11.9 Å². The number of pyridine rings is 2. The van der Waals surface area contributed by atoms with Crippen LogP contribution in [0.5, 0.6) is 5.75 Å². The molecule has 2 atom stereocenters. The summed E-state index contributed by atoms with van der Waals surface area (Å²) in [4.78, 5) is 49.5. The first-order valence-electron chi connectivity index (χ1n) is 11.9. The van der Waals surface area contributed by atoms with E-state index in [9.17, 15) is 14.4 Å². The predicted molar refractivity (Wildman–Crippen MR) is 126 cm³/mol. The molecule has 1 aromatic carbocycles. The van der Waals surface area contributed by atoms with Crippen LogP contribution in [0.15, 0.2) is 48.8 Å². The molecule has 35 heavy (non-hydrogen) atoms. The van der Waals surface area contributed by atoms with Gasteiger partial charge in [0.15, 0.2) is 0 Å². The Hall–Kier alpha value is -3.85. The van der Waals surface area contributed by atoms with E-state index in [0.717, 1.165) is 54.0 Å². The summed E-state index contributed by atoms with van der Waals surface area (Å²) in [6.07, 6.45) is 5.22. The lowest BCUT2D eigenvalue weighted by molar-refractivity contribution is -0.136. The second kappa shape index (κ2) is 8.74. The minimum atomic E-state index is -0.612. The molecule has 3 amide bonds. The molecule has 9 nitrogen and oxygen atoms in total. The third-order valence-corrected chi connectivity index (χ3v) is 6.96. The van der Waals surface area contributed by atoms with Gasteiger partial charge in [0, 0.05) is 55.9 Å². The van der Waals surface area contributed by atoms with Crippen molar-refractivity contribution in [3.8, 4) is 5.75 Å². The van der Waals surface area contributed by atoms with Gasteiger partial charge < -0.3 is 9.64 Å². The van der Waals surface area contributed by atoms with Crippen molar-refractivity contribution in [1.29, 1.82) is 0 Å². The molecule has 0 saturated carbocycles. The fourth-order valence-corrected chi connectivity index (χ4v) is 5.18. The first-order valence-corrected chi connectivity index (χ1v) is 11.9. The van der Waals surface area contributed by atoms with Gasteiger partial charge in [-0.05, 0) is 54.8 Å². The predicted octanol–water partition coefficient (Wildman–Crippen LogP) is 2.04. The number of carbonyl (C=O) groups is 3. The first kappa shape index (κ1) is 21.7. The van der Waals surface area contributed by atoms with Crippen molar-refractivity contribution in [3.63, 3.8) is 0 Å². The monoisotopic (exact) mass is 471 g/mol. The summed E-state index contributed by atoms with van der Waals surface area (Å²) in [5.41, 5.74) is 3.37. The van der Waals surface area contributed by atoms with Gasteiger partial charge in [-0.25, -0.2) is 0 Å². The van der Waals surface area contributed by atoms with Crippen LogP contribution in [-0.4, -0.2) is 62.7 Å². The van der Waals surface area contributed by atoms with Gasteiger partial charge >= 0.3 is 0 Å². The van der Waals surface area contributed by atoms with Crippen LogP contribution in [0.3, 0.4) is 0 Å². The molecule has 2 saturated heterocycles. The minimum absolute atomic E-state index is 0.0509. The summed E-state index contributed by atoms with van der Waals surface area (Å²) in [6, 6.07) is 10.8. The number of nitrogens with one attached hydrogen (secondary N) is 1. The zero-order valence-electron chi connectivity index (χ0n) is 19.1. The maximum absolute atomic E-state index is 12.9. The standard InChI is InChI=1S/C26H25N5O4/c32-24-6-5-23(25(33)29-24)31-13-17-10-19(3-4-21(17)26(31)34)35-20-7-9-30(15-20)14-18-11-22-16(12-28-18)2-1-8-27-22/h1-4,8,10-12,20,23H,5-7,9,13-15H2,(H,29,32,33)/t20-,23?/m0/s1. The number of rotatable bonds is 5. The molecule has 2 fully saturated rings. The van der Waals surface area contributed by atoms with Crippen molar-refractivity contribution >= 4 is 28.6 Å². The van der Waals surface area contributed by atoms with E-state index >= 15 is 0 Å². The Morgan fingerprint density at radius 1 is 1.09 bits per heavy atom. The fraction of sp³-hybridized carbons (Fsp3) is 0.346. The third-order valence-electron chi connectivity index (χ3n) is 6.96. The number of likely N-dealkylation sites (tertiary alicyclic amines) is 1. The topological polar surface area (TPSA) is 105 Å². The zero-order valence-corrected chi connectivity index (χ0v) is 19.1. The summed E-state index contributed by atoms with van der Waals surface area (Å²) in [6.45, 7) is 2.79. The number of piperidine rings is 1. The van der Waals surface area contributed by atoms with Gasteiger partial charge in [0.05, 0.1) is 11.2 Å². The SMILES string of the molecule is O=C1CCC(N2Cc3cc(O[C@H]4CCN(Cc5cc6ncccc6cn5)C4)ccc3C2=O)C(=O)N1. The largest absolute Gasteiger partial charge is 0.489 e. The number of imide groups is 1. The number of hydrogen-bond donors (Lipinski definition) is 1. The summed E-state index contributed by atoms with van der Waals surface area (Å²) in [7, 11) is 0. The molecule has 3 aliphatic heterocycles. The molecule has 3 aliphatic rings. The summed E-state index contributed by atoms with van der Waals surface area (Å²) >= 11 is 0. The summed E-state index contributed by atoms with van der Waals surface area (Å²) < 4.78 is 6.26. The van der Waals surface area contributed by atoms with E-state index in [-0.39, 0.29) is 24.3 Å². The second-order valence-electron chi connectivity index (χ2n) is 9.35. The molecule has 1 unspecified atom stereocenters. The second-order valence-corrected chi connectivity index (χ2v) is 9.35. The lowest BCUT2D eigenvalue weighted by Gasteiger charge is -2.29. The van der Waals surface area contributed by atoms with Gasteiger partial charge in [-0.1, -0.05) is 0 Å². The maximum atomic E-state index is 12.9. The fourth-order valence-electron chi connectivity index (χ4n) is 5.18. The van der Waals surface area contributed by atoms with Crippen LogP contribution in [0, 0.1) is 0 Å². The van der Waals surface area contributed by atoms with Gasteiger partial charge in [0.1, 0.15) is 17.9 Å². The Morgan fingerprint density at radius 2 is 2.00 bits per heavy atom. The number of hydrogen-bond acceptors (Lipinski definition) is 7. The molecule has 9 heteroatoms. The molecule has 0 spiro atoms. The minimum Gasteiger partial charge on any atom is -0.489 e. The van der Waals surface area contributed by atoms with Crippen molar-refractivity contribution in [2.75, 3.05) is 13.1 Å². The van der Waals surface area contributed by atoms with E-state index in [1.165, 1.54) is 0 Å². The smallest absolute Gasteiger partial charge is 0.255 e. The molecule has 1 N–H and O–H groups in total. The van der Waals surface area contributed by atoms with Crippen LogP contribution in [0.2, 0.25) is 0 Å². The highest BCUT2D eigenvalue weighted by molar-refractivity contribution is 6.05. The quantitative estimate of drug-likeness (QED) is 0.568. The number of ether oxygens (including phenoxy) is 1. The van der Waals surface area contributed by atoms with Gasteiger partial charge in [-0.15, -0.1) is 0 Å². The van der Waals surface area contributed by atoms with Crippen molar-refractivity contribution < 1.29 is 19.1 Å². The number of fused-ring (bicyclic) bond motifs is 2. The van der Waals surface area contributed by atoms with Crippen molar-refractivity contribution in [2.24, 2.45) is 0 Å². The van der Waals surface area contributed by atoms with Gasteiger partial charge in [0.2, 0.25) is 11.8 Å². The van der Waals surface area contributed by atoms with E-state index in [1.807, 2.05) is 36.5 Å². The lowest BCUT2D eigenvalue weighted by Crippen LogP contribution is -2.52. The van der Waals surface area contributed by atoms with E-state index in [4.69, 9.17) is 4.74 Å². The Bertz CT molecular complexity index is 1340. The molecule has 3 aromatic rings. The van der Waals surface area contributed by atoms with Crippen LogP contribution in [0.4, 0.5) is 0 Å². The Balaban J connectivity index is 1.08. The third kappa shape index (κ3) is 4.23. The molecule has 178 valence electrons. The van der Waals surface area contributed by atoms with E-state index in [1.54, 1.807) is 17.2 Å². The van der Waals surface area contributed by atoms with Crippen LogP contribution < -0.4 is 10.1 Å². The Morgan fingerprint density at radius 3 is 2.89 bits per heavy atom. The van der Waals surface area contributed by atoms with Crippen LogP contribution in [0.25, 0.3) is 10.9 Å². The van der Waals surface area contributed by atoms with Gasteiger partial charge in [-0.3, -0.25) is 34.6 Å². The number of benzene rings is 1. The van der Waals surface area contributed by atoms with Crippen molar-refractivity contribution in [2.45, 2.75) is 44.5 Å². The normalized spacial score (nSPS) is 22.5. The summed E-state index contributed by atoms with van der Waals surface area (Å²) in [5, 5.41) is 3.37. The molecule has 6 rings (SSSR count). The molecular weight excluding hydrogens is 446 g/mol.